The molecule has 0 spiro atoms. The maximum Gasteiger partial charge on any atom is 0.251 e. The number of halogens is 1. The minimum atomic E-state index is -0.467. The zero-order chi connectivity index (χ0) is 19.2. The number of hydrogen-bond donors (Lipinski definition) is 2. The number of carbonyl (C=O) groups excluding carboxylic acids is 1. The van der Waals surface area contributed by atoms with Crippen LogP contribution in [-0.2, 0) is 0 Å². The zero-order valence-electron chi connectivity index (χ0n) is 14.8. The van der Waals surface area contributed by atoms with Crippen molar-refractivity contribution in [3.8, 4) is 5.75 Å². The molecule has 0 aliphatic rings. The van der Waals surface area contributed by atoms with Gasteiger partial charge < -0.3 is 15.4 Å². The molecule has 1 heterocycles. The number of benzene rings is 2. The Labute approximate surface area is 155 Å². The molecular formula is C19H18FN5O2. The Morgan fingerprint density at radius 2 is 1.93 bits per heavy atom. The van der Waals surface area contributed by atoms with Crippen LogP contribution in [0, 0.1) is 5.82 Å². The van der Waals surface area contributed by atoms with Gasteiger partial charge in [-0.2, -0.15) is 0 Å². The first-order chi connectivity index (χ1) is 13.0. The molecule has 1 unspecified atom stereocenters. The molecule has 1 amide bonds. The summed E-state index contributed by atoms with van der Waals surface area (Å²) in [6, 6.07) is 12.3. The zero-order valence-corrected chi connectivity index (χ0v) is 14.8. The van der Waals surface area contributed by atoms with Crippen LogP contribution in [-0.4, -0.2) is 28.2 Å². The van der Waals surface area contributed by atoms with Gasteiger partial charge in [0.1, 0.15) is 17.3 Å². The Kier molecular flexibility index (Phi) is 5.55. The van der Waals surface area contributed by atoms with Gasteiger partial charge in [-0.15, -0.1) is 10.2 Å². The van der Waals surface area contributed by atoms with E-state index < -0.39 is 17.8 Å². The summed E-state index contributed by atoms with van der Waals surface area (Å²) in [6.07, 6.45) is 1.52. The van der Waals surface area contributed by atoms with Crippen molar-refractivity contribution in [1.29, 1.82) is 0 Å². The summed E-state index contributed by atoms with van der Waals surface area (Å²) in [5.41, 5.74) is 1.51. The van der Waals surface area contributed by atoms with Crippen molar-refractivity contribution in [2.75, 3.05) is 12.4 Å². The fourth-order valence-electron chi connectivity index (χ4n) is 2.33. The highest BCUT2D eigenvalue weighted by Gasteiger charge is 2.14. The summed E-state index contributed by atoms with van der Waals surface area (Å²) in [4.78, 5) is 16.4. The highest BCUT2D eigenvalue weighted by Crippen LogP contribution is 2.18. The van der Waals surface area contributed by atoms with Gasteiger partial charge in [0.15, 0.2) is 0 Å². The molecule has 7 nitrogen and oxygen atoms in total. The van der Waals surface area contributed by atoms with E-state index in [1.807, 2.05) is 24.3 Å². The van der Waals surface area contributed by atoms with Gasteiger partial charge in [0.2, 0.25) is 5.95 Å². The summed E-state index contributed by atoms with van der Waals surface area (Å²) in [6.45, 7) is 1.75. The van der Waals surface area contributed by atoms with Crippen molar-refractivity contribution < 1.29 is 13.9 Å². The first-order valence-corrected chi connectivity index (χ1v) is 8.22. The SMILES string of the molecule is COc1ccc(Nc2ncc(C(C)NC(=O)c3cccc(F)c3)nn2)cc1. The maximum absolute atomic E-state index is 13.2. The third-order valence-corrected chi connectivity index (χ3v) is 3.80. The molecule has 0 fully saturated rings. The minimum Gasteiger partial charge on any atom is -0.497 e. The fraction of sp³-hybridized carbons (Fsp3) is 0.158. The number of hydrogen-bond acceptors (Lipinski definition) is 6. The summed E-state index contributed by atoms with van der Waals surface area (Å²) < 4.78 is 18.3. The summed E-state index contributed by atoms with van der Waals surface area (Å²) in [5.74, 6) is 0.209. The van der Waals surface area contributed by atoms with Gasteiger partial charge in [0.05, 0.1) is 19.3 Å². The van der Waals surface area contributed by atoms with Crippen LogP contribution in [0.5, 0.6) is 5.75 Å². The molecule has 0 saturated carbocycles. The van der Waals surface area contributed by atoms with Crippen molar-refractivity contribution in [1.82, 2.24) is 20.5 Å². The average Bonchev–Trinajstić information content (AvgIpc) is 2.69. The van der Waals surface area contributed by atoms with Gasteiger partial charge >= 0.3 is 0 Å². The Hall–Kier alpha value is -3.55. The van der Waals surface area contributed by atoms with Crippen LogP contribution in [0.3, 0.4) is 0 Å². The number of anilines is 2. The van der Waals surface area contributed by atoms with E-state index in [2.05, 4.69) is 25.8 Å². The lowest BCUT2D eigenvalue weighted by Gasteiger charge is -2.13. The lowest BCUT2D eigenvalue weighted by molar-refractivity contribution is 0.0938. The van der Waals surface area contributed by atoms with Crippen LogP contribution in [0.15, 0.2) is 54.7 Å². The van der Waals surface area contributed by atoms with E-state index in [4.69, 9.17) is 4.74 Å². The van der Waals surface area contributed by atoms with Crippen LogP contribution in [0.1, 0.15) is 29.0 Å². The van der Waals surface area contributed by atoms with Gasteiger partial charge in [-0.3, -0.25) is 4.79 Å². The standard InChI is InChI=1S/C19H18FN5O2/c1-12(22-18(26)13-4-3-5-14(20)10-13)17-11-21-19(25-24-17)23-15-6-8-16(27-2)9-7-15/h3-12H,1-2H3,(H,22,26)(H,21,23,25). The van der Waals surface area contributed by atoms with Crippen LogP contribution in [0.2, 0.25) is 0 Å². The summed E-state index contributed by atoms with van der Waals surface area (Å²) in [7, 11) is 1.60. The summed E-state index contributed by atoms with van der Waals surface area (Å²) in [5, 5.41) is 13.9. The molecule has 138 valence electrons. The van der Waals surface area contributed by atoms with Gasteiger partial charge in [0.25, 0.3) is 5.91 Å². The van der Waals surface area contributed by atoms with Crippen molar-refractivity contribution in [2.24, 2.45) is 0 Å². The monoisotopic (exact) mass is 367 g/mol. The number of carbonyl (C=O) groups is 1. The molecule has 0 aliphatic carbocycles. The second kappa shape index (κ2) is 8.22. The number of nitrogens with one attached hydrogen (secondary N) is 2. The Bertz CT molecular complexity index is 916. The molecule has 3 rings (SSSR count). The predicted octanol–water partition coefficient (Wildman–Crippen LogP) is 3.25. The molecule has 2 aromatic carbocycles. The topological polar surface area (TPSA) is 89.0 Å². The quantitative estimate of drug-likeness (QED) is 0.695. The highest BCUT2D eigenvalue weighted by atomic mass is 19.1. The van der Waals surface area contributed by atoms with Crippen molar-refractivity contribution in [3.05, 3.63) is 71.8 Å². The van der Waals surface area contributed by atoms with Crippen molar-refractivity contribution in [3.63, 3.8) is 0 Å². The van der Waals surface area contributed by atoms with Gasteiger partial charge in [-0.05, 0) is 49.4 Å². The second-order valence-electron chi connectivity index (χ2n) is 5.77. The van der Waals surface area contributed by atoms with E-state index in [1.165, 1.54) is 30.5 Å². The van der Waals surface area contributed by atoms with E-state index in [9.17, 15) is 9.18 Å². The number of amides is 1. The molecule has 8 heteroatoms. The maximum atomic E-state index is 13.2. The first kappa shape index (κ1) is 18.2. The van der Waals surface area contributed by atoms with E-state index in [1.54, 1.807) is 14.0 Å². The van der Waals surface area contributed by atoms with Crippen LogP contribution in [0.4, 0.5) is 16.0 Å². The lowest BCUT2D eigenvalue weighted by atomic mass is 10.2. The van der Waals surface area contributed by atoms with E-state index in [0.29, 0.717) is 11.6 Å². The van der Waals surface area contributed by atoms with Gasteiger partial charge in [-0.25, -0.2) is 9.37 Å². The molecular weight excluding hydrogens is 349 g/mol. The summed E-state index contributed by atoms with van der Waals surface area (Å²) >= 11 is 0. The predicted molar refractivity (Wildman–Crippen MR) is 98.4 cm³/mol. The van der Waals surface area contributed by atoms with Crippen molar-refractivity contribution in [2.45, 2.75) is 13.0 Å². The lowest BCUT2D eigenvalue weighted by Crippen LogP contribution is -2.27. The van der Waals surface area contributed by atoms with Gasteiger partial charge in [0, 0.05) is 11.3 Å². The Balaban J connectivity index is 1.62. The van der Waals surface area contributed by atoms with Crippen LogP contribution < -0.4 is 15.4 Å². The fourth-order valence-corrected chi connectivity index (χ4v) is 2.33. The third kappa shape index (κ3) is 4.75. The minimum absolute atomic E-state index is 0.237. The molecule has 0 aliphatic heterocycles. The highest BCUT2D eigenvalue weighted by molar-refractivity contribution is 5.94. The van der Waals surface area contributed by atoms with E-state index in [0.717, 1.165) is 11.4 Å². The van der Waals surface area contributed by atoms with E-state index >= 15 is 0 Å². The smallest absolute Gasteiger partial charge is 0.251 e. The molecule has 0 saturated heterocycles. The molecule has 1 aromatic heterocycles. The average molecular weight is 367 g/mol. The molecule has 0 bridgehead atoms. The second-order valence-corrected chi connectivity index (χ2v) is 5.77. The third-order valence-electron chi connectivity index (χ3n) is 3.80. The number of methoxy groups -OCH3 is 1. The van der Waals surface area contributed by atoms with Crippen LogP contribution in [0.25, 0.3) is 0 Å². The molecule has 1 atom stereocenters. The van der Waals surface area contributed by atoms with Crippen molar-refractivity contribution >= 4 is 17.5 Å². The number of nitrogens with zero attached hydrogens (tertiary/aromatic N) is 3. The molecule has 3 aromatic rings. The van der Waals surface area contributed by atoms with Crippen LogP contribution >= 0.6 is 0 Å². The normalized spacial score (nSPS) is 11.5. The molecule has 2 N–H and O–H groups in total. The Morgan fingerprint density at radius 3 is 2.56 bits per heavy atom. The first-order valence-electron chi connectivity index (χ1n) is 8.22. The molecule has 27 heavy (non-hydrogen) atoms. The van der Waals surface area contributed by atoms with Gasteiger partial charge in [-0.1, -0.05) is 6.07 Å². The Morgan fingerprint density at radius 1 is 1.15 bits per heavy atom. The number of rotatable bonds is 6. The number of ether oxygens (including phenoxy) is 1. The van der Waals surface area contributed by atoms with E-state index in [-0.39, 0.29) is 5.56 Å². The molecule has 0 radical (unpaired) electrons. The number of aromatic nitrogens is 3. The largest absolute Gasteiger partial charge is 0.497 e.